The first kappa shape index (κ1) is 22.1. The highest BCUT2D eigenvalue weighted by Crippen LogP contribution is 2.51. The first-order valence-corrected chi connectivity index (χ1v) is 10.4. The Labute approximate surface area is 186 Å². The summed E-state index contributed by atoms with van der Waals surface area (Å²) in [6.45, 7) is 3.79. The van der Waals surface area contributed by atoms with Crippen LogP contribution in [0.4, 0.5) is 0 Å². The van der Waals surface area contributed by atoms with Crippen LogP contribution >= 0.6 is 0 Å². The molecule has 0 aromatic heterocycles. The summed E-state index contributed by atoms with van der Waals surface area (Å²) in [7, 11) is 3.07. The van der Waals surface area contributed by atoms with Gasteiger partial charge in [-0.2, -0.15) is 0 Å². The van der Waals surface area contributed by atoms with Crippen LogP contribution in [-0.2, 0) is 19.1 Å². The third-order valence-corrected chi connectivity index (χ3v) is 5.80. The Balaban J connectivity index is 1.54. The first-order valence-electron chi connectivity index (χ1n) is 10.4. The third-order valence-electron chi connectivity index (χ3n) is 5.80. The fraction of sp³-hybridized carbons (Fsp3) is 0.417. The van der Waals surface area contributed by atoms with Gasteiger partial charge in [0, 0.05) is 25.7 Å². The Morgan fingerprint density at radius 3 is 1.47 bits per heavy atom. The summed E-state index contributed by atoms with van der Waals surface area (Å²) in [5.74, 6) is 1.20. The molecule has 8 nitrogen and oxygen atoms in total. The summed E-state index contributed by atoms with van der Waals surface area (Å²) >= 11 is 0. The fourth-order valence-electron chi connectivity index (χ4n) is 4.44. The van der Waals surface area contributed by atoms with Gasteiger partial charge in [0.2, 0.25) is 0 Å². The van der Waals surface area contributed by atoms with Crippen LogP contribution in [0.3, 0.4) is 0 Å². The molecule has 2 fully saturated rings. The van der Waals surface area contributed by atoms with Crippen molar-refractivity contribution < 1.29 is 38.0 Å². The van der Waals surface area contributed by atoms with Crippen LogP contribution in [0.1, 0.15) is 37.2 Å². The molecule has 170 valence electrons. The van der Waals surface area contributed by atoms with Crippen molar-refractivity contribution in [3.05, 3.63) is 47.5 Å². The lowest BCUT2D eigenvalue weighted by Crippen LogP contribution is -2.15. The number of carbonyl (C=O) groups excluding carboxylic acids is 2. The number of benzene rings is 2. The van der Waals surface area contributed by atoms with E-state index in [-0.39, 0.29) is 24.0 Å². The van der Waals surface area contributed by atoms with Crippen LogP contribution in [0.5, 0.6) is 23.0 Å². The molecule has 2 heterocycles. The maximum Gasteiger partial charge on any atom is 0.308 e. The van der Waals surface area contributed by atoms with Crippen LogP contribution in [0, 0.1) is 11.8 Å². The summed E-state index contributed by atoms with van der Waals surface area (Å²) < 4.78 is 33.5. The molecule has 0 amide bonds. The third kappa shape index (κ3) is 4.28. The van der Waals surface area contributed by atoms with Crippen molar-refractivity contribution in [2.45, 2.75) is 26.1 Å². The van der Waals surface area contributed by atoms with Crippen molar-refractivity contribution >= 4 is 11.9 Å². The molecule has 4 atom stereocenters. The number of hydrogen-bond acceptors (Lipinski definition) is 8. The van der Waals surface area contributed by atoms with E-state index in [0.29, 0.717) is 36.2 Å². The molecular formula is C24H26O8. The monoisotopic (exact) mass is 442 g/mol. The fourth-order valence-corrected chi connectivity index (χ4v) is 4.44. The average Bonchev–Trinajstić information content (AvgIpc) is 3.36. The van der Waals surface area contributed by atoms with Gasteiger partial charge in [0.1, 0.15) is 0 Å². The van der Waals surface area contributed by atoms with Gasteiger partial charge >= 0.3 is 11.9 Å². The Morgan fingerprint density at radius 1 is 0.719 bits per heavy atom. The number of hydrogen-bond donors (Lipinski definition) is 0. The van der Waals surface area contributed by atoms with E-state index in [2.05, 4.69) is 0 Å². The second-order valence-electron chi connectivity index (χ2n) is 7.84. The maximum absolute atomic E-state index is 11.3. The molecule has 8 heteroatoms. The zero-order valence-electron chi connectivity index (χ0n) is 18.5. The summed E-state index contributed by atoms with van der Waals surface area (Å²) in [5.41, 5.74) is 1.88. The molecule has 0 aliphatic carbocycles. The van der Waals surface area contributed by atoms with Crippen molar-refractivity contribution in [2.75, 3.05) is 27.4 Å². The molecule has 2 aliphatic rings. The lowest BCUT2D eigenvalue weighted by atomic mass is 9.85. The minimum Gasteiger partial charge on any atom is -0.493 e. The molecule has 0 spiro atoms. The van der Waals surface area contributed by atoms with Crippen LogP contribution in [-0.4, -0.2) is 39.4 Å². The van der Waals surface area contributed by atoms with Crippen molar-refractivity contribution in [1.82, 2.24) is 0 Å². The van der Waals surface area contributed by atoms with Gasteiger partial charge < -0.3 is 28.4 Å². The molecule has 2 aromatic carbocycles. The Morgan fingerprint density at radius 2 is 1.12 bits per heavy atom. The zero-order valence-corrected chi connectivity index (χ0v) is 18.5. The summed E-state index contributed by atoms with van der Waals surface area (Å²) in [6, 6.07) is 10.9. The number of ether oxygens (including phenoxy) is 6. The summed E-state index contributed by atoms with van der Waals surface area (Å²) in [6.07, 6.45) is -0.319. The molecule has 2 saturated heterocycles. The largest absolute Gasteiger partial charge is 0.493 e. The predicted molar refractivity (Wildman–Crippen MR) is 113 cm³/mol. The average molecular weight is 442 g/mol. The molecule has 4 rings (SSSR count). The van der Waals surface area contributed by atoms with E-state index in [0.717, 1.165) is 11.1 Å². The number of carbonyl (C=O) groups is 2. The molecule has 0 N–H and O–H groups in total. The Kier molecular flexibility index (Phi) is 6.34. The molecule has 2 aliphatic heterocycles. The standard InChI is InChI=1S/C24H26O8/c1-13(25)31-19-7-5-15(9-21(19)27-3)23-17-11-30-24(18(17)12-29-23)16-6-8-20(32-14(2)26)22(10-16)28-4/h5-10,17-18,23-24H,11-12H2,1-4H3/t17-,18-,23?,24?/m1/s1. The van der Waals surface area contributed by atoms with E-state index in [4.69, 9.17) is 28.4 Å². The van der Waals surface area contributed by atoms with Gasteiger partial charge in [-0.1, -0.05) is 12.1 Å². The van der Waals surface area contributed by atoms with E-state index in [1.54, 1.807) is 12.1 Å². The molecule has 2 aromatic rings. The van der Waals surface area contributed by atoms with Crippen LogP contribution in [0.15, 0.2) is 36.4 Å². The highest BCUT2D eigenvalue weighted by molar-refractivity contribution is 5.71. The second-order valence-corrected chi connectivity index (χ2v) is 7.84. The van der Waals surface area contributed by atoms with E-state index in [1.165, 1.54) is 28.1 Å². The number of rotatable bonds is 6. The van der Waals surface area contributed by atoms with Crippen LogP contribution in [0.2, 0.25) is 0 Å². The van der Waals surface area contributed by atoms with E-state index in [9.17, 15) is 9.59 Å². The Hall–Kier alpha value is -3.10. The normalized spacial score (nSPS) is 24.0. The summed E-state index contributed by atoms with van der Waals surface area (Å²) in [4.78, 5) is 22.6. The molecule has 0 bridgehead atoms. The van der Waals surface area contributed by atoms with Crippen LogP contribution in [0.25, 0.3) is 0 Å². The van der Waals surface area contributed by atoms with Gasteiger partial charge in [-0.3, -0.25) is 9.59 Å². The van der Waals surface area contributed by atoms with E-state index >= 15 is 0 Å². The topological polar surface area (TPSA) is 89.5 Å². The van der Waals surface area contributed by atoms with Crippen molar-refractivity contribution in [3.8, 4) is 23.0 Å². The highest BCUT2D eigenvalue weighted by atomic mass is 16.6. The molecule has 2 unspecified atom stereocenters. The van der Waals surface area contributed by atoms with Crippen molar-refractivity contribution in [2.24, 2.45) is 11.8 Å². The maximum atomic E-state index is 11.3. The minimum atomic E-state index is -0.407. The zero-order chi connectivity index (χ0) is 22.8. The second kappa shape index (κ2) is 9.18. The molecule has 32 heavy (non-hydrogen) atoms. The van der Waals surface area contributed by atoms with Gasteiger partial charge in [0.25, 0.3) is 0 Å². The van der Waals surface area contributed by atoms with Gasteiger partial charge in [-0.25, -0.2) is 0 Å². The van der Waals surface area contributed by atoms with Crippen molar-refractivity contribution in [3.63, 3.8) is 0 Å². The lowest BCUT2D eigenvalue weighted by molar-refractivity contribution is -0.132. The van der Waals surface area contributed by atoms with E-state index < -0.39 is 11.9 Å². The quantitative estimate of drug-likeness (QED) is 0.495. The Bertz CT molecular complexity index is 936. The van der Waals surface area contributed by atoms with Gasteiger partial charge in [0.05, 0.1) is 39.6 Å². The van der Waals surface area contributed by atoms with E-state index in [1.807, 2.05) is 24.3 Å². The molecule has 0 saturated carbocycles. The minimum absolute atomic E-state index is 0.156. The van der Waals surface area contributed by atoms with Crippen molar-refractivity contribution in [1.29, 1.82) is 0 Å². The smallest absolute Gasteiger partial charge is 0.308 e. The SMILES string of the molecule is COc1cc(C2OC[C@H]3C(c4ccc(OC(C)=O)c(OC)c4)OC[C@@H]23)ccc1OC(C)=O. The first-order chi connectivity index (χ1) is 15.4. The van der Waals surface area contributed by atoms with Gasteiger partial charge in [-0.05, 0) is 35.4 Å². The summed E-state index contributed by atoms with van der Waals surface area (Å²) in [5, 5.41) is 0. The van der Waals surface area contributed by atoms with Crippen LogP contribution < -0.4 is 18.9 Å². The van der Waals surface area contributed by atoms with Gasteiger partial charge in [-0.15, -0.1) is 0 Å². The highest BCUT2D eigenvalue weighted by Gasteiger charge is 2.48. The molecular weight excluding hydrogens is 416 g/mol. The number of esters is 2. The number of methoxy groups -OCH3 is 2. The molecule has 0 radical (unpaired) electrons. The van der Waals surface area contributed by atoms with Gasteiger partial charge in [0.15, 0.2) is 23.0 Å². The predicted octanol–water partition coefficient (Wildman–Crippen LogP) is 3.63. The lowest BCUT2D eigenvalue weighted by Gasteiger charge is -2.18. The number of fused-ring (bicyclic) bond motifs is 1.